The molecule has 2 rings (SSSR count). The minimum atomic E-state index is -1.08. The molecule has 2 heterocycles. The van der Waals surface area contributed by atoms with Crippen LogP contribution in [0.2, 0.25) is 5.15 Å². The molecule has 1 unspecified atom stereocenters. The normalized spacial score (nSPS) is 11.7. The number of nitrogens with zero attached hydrogens (tertiary/aromatic N) is 4. The second-order valence-electron chi connectivity index (χ2n) is 4.90. The number of pyridine rings is 1. The third kappa shape index (κ3) is 4.34. The zero-order chi connectivity index (χ0) is 17.7. The zero-order valence-electron chi connectivity index (χ0n) is 12.9. The lowest BCUT2D eigenvalue weighted by atomic mass is 10.3. The molecule has 1 N–H and O–H groups in total. The molecular formula is C15H16ClN4O3S+. The molecule has 0 aliphatic rings. The lowest BCUT2D eigenvalue weighted by Crippen LogP contribution is -2.32. The summed E-state index contributed by atoms with van der Waals surface area (Å²) in [6, 6.07) is 3.35. The van der Waals surface area contributed by atoms with E-state index in [0.717, 1.165) is 4.73 Å². The van der Waals surface area contributed by atoms with Gasteiger partial charge in [0.05, 0.1) is 12.7 Å². The maximum absolute atomic E-state index is 12.3. The summed E-state index contributed by atoms with van der Waals surface area (Å²) in [5.74, 6) is 2.37. The topological polar surface area (TPSA) is 79.3 Å². The molecule has 1 atom stereocenters. The van der Waals surface area contributed by atoms with Gasteiger partial charge in [-0.1, -0.05) is 17.5 Å². The van der Waals surface area contributed by atoms with Crippen LogP contribution in [0.5, 0.6) is 0 Å². The fourth-order valence-electron chi connectivity index (χ4n) is 2.01. The Labute approximate surface area is 146 Å². The van der Waals surface area contributed by atoms with Gasteiger partial charge in [0.15, 0.2) is 5.15 Å². The van der Waals surface area contributed by atoms with Crippen LogP contribution in [0.15, 0.2) is 30.7 Å². The predicted molar refractivity (Wildman–Crippen MR) is 90.7 cm³/mol. The summed E-state index contributed by atoms with van der Waals surface area (Å²) in [6.45, 7) is 0.0232. The number of carbonyl (C=O) groups is 1. The van der Waals surface area contributed by atoms with Crippen molar-refractivity contribution in [3.8, 4) is 18.0 Å². The van der Waals surface area contributed by atoms with Crippen molar-refractivity contribution in [2.24, 2.45) is 0 Å². The monoisotopic (exact) mass is 367 g/mol. The van der Waals surface area contributed by atoms with E-state index in [1.165, 1.54) is 28.2 Å². The molecule has 126 valence electrons. The summed E-state index contributed by atoms with van der Waals surface area (Å²) in [5.41, 5.74) is 0.908. The number of hydrogen-bond acceptors (Lipinski definition) is 4. The van der Waals surface area contributed by atoms with Crippen LogP contribution in [-0.4, -0.2) is 43.7 Å². The molecule has 0 fully saturated rings. The minimum absolute atomic E-state index is 0.0232. The molecule has 2 aromatic heterocycles. The minimum Gasteiger partial charge on any atom is -0.296 e. The van der Waals surface area contributed by atoms with Crippen molar-refractivity contribution in [1.29, 1.82) is 0 Å². The van der Waals surface area contributed by atoms with E-state index >= 15 is 0 Å². The molecule has 9 heteroatoms. The van der Waals surface area contributed by atoms with Crippen molar-refractivity contribution in [2.45, 2.75) is 6.42 Å². The third-order valence-corrected chi connectivity index (χ3v) is 4.18. The van der Waals surface area contributed by atoms with E-state index in [-0.39, 0.29) is 29.8 Å². The fourth-order valence-corrected chi connectivity index (χ4v) is 2.70. The van der Waals surface area contributed by atoms with E-state index in [2.05, 4.69) is 11.0 Å². The zero-order valence-corrected chi connectivity index (χ0v) is 14.5. The molecule has 0 radical (unpaired) electrons. The Bertz CT molecular complexity index is 815. The van der Waals surface area contributed by atoms with Crippen LogP contribution in [-0.2, 0) is 15.6 Å². The first-order chi connectivity index (χ1) is 11.4. The first-order valence-electron chi connectivity index (χ1n) is 6.92. The van der Waals surface area contributed by atoms with Gasteiger partial charge in [0.1, 0.15) is 11.4 Å². The standard InChI is InChI=1S/C15H16ClN4O3S/c1-3-7-19(14(21)6-9-24(2)23)13-11-20(17-15(13)16)12-5-4-8-18(22)10-12/h1,4-5,8,10-11,22H,6-7,9H2,2H3/q+1. The Hall–Kier alpha value is -2.37. The molecule has 0 aromatic carbocycles. The van der Waals surface area contributed by atoms with Gasteiger partial charge in [0.2, 0.25) is 18.3 Å². The van der Waals surface area contributed by atoms with Crippen LogP contribution in [0.4, 0.5) is 5.69 Å². The van der Waals surface area contributed by atoms with E-state index in [0.29, 0.717) is 11.4 Å². The summed E-state index contributed by atoms with van der Waals surface area (Å²) in [4.78, 5) is 13.7. The largest absolute Gasteiger partial charge is 0.296 e. The average molecular weight is 368 g/mol. The molecule has 1 amide bonds. The number of carbonyl (C=O) groups excluding carboxylic acids is 1. The van der Waals surface area contributed by atoms with Crippen molar-refractivity contribution in [1.82, 2.24) is 9.78 Å². The second-order valence-corrected chi connectivity index (χ2v) is 6.82. The third-order valence-electron chi connectivity index (χ3n) is 3.13. The SMILES string of the molecule is C#CCN(C(=O)CCS(C)=O)c1cn(-c2ccc[n+](O)c2)nc1Cl. The Kier molecular flexibility index (Phi) is 5.95. The summed E-state index contributed by atoms with van der Waals surface area (Å²) in [7, 11) is -1.08. The Balaban J connectivity index is 2.32. The summed E-state index contributed by atoms with van der Waals surface area (Å²) >= 11 is 6.15. The smallest absolute Gasteiger partial charge is 0.247 e. The Morgan fingerprint density at radius 3 is 3.00 bits per heavy atom. The van der Waals surface area contributed by atoms with E-state index in [1.54, 1.807) is 18.3 Å². The van der Waals surface area contributed by atoms with Gasteiger partial charge in [-0.3, -0.25) is 19.1 Å². The molecule has 0 spiro atoms. The lowest BCUT2D eigenvalue weighted by molar-refractivity contribution is -0.904. The number of amides is 1. The molecule has 0 bridgehead atoms. The van der Waals surface area contributed by atoms with Crippen LogP contribution in [0.25, 0.3) is 5.69 Å². The number of halogens is 1. The second kappa shape index (κ2) is 7.95. The summed E-state index contributed by atoms with van der Waals surface area (Å²) in [5, 5.41) is 13.7. The van der Waals surface area contributed by atoms with E-state index in [9.17, 15) is 14.2 Å². The van der Waals surface area contributed by atoms with Gasteiger partial charge in [0.25, 0.3) is 0 Å². The Morgan fingerprint density at radius 1 is 1.62 bits per heavy atom. The molecule has 0 saturated carbocycles. The van der Waals surface area contributed by atoms with E-state index < -0.39 is 10.8 Å². The summed E-state index contributed by atoms with van der Waals surface area (Å²) < 4.78 is 13.5. The van der Waals surface area contributed by atoms with Crippen LogP contribution in [0.3, 0.4) is 0 Å². The van der Waals surface area contributed by atoms with Crippen LogP contribution < -0.4 is 9.63 Å². The van der Waals surface area contributed by atoms with Gasteiger partial charge in [-0.05, 0) is 6.07 Å². The molecule has 7 nitrogen and oxygen atoms in total. The number of anilines is 1. The number of terminal acetylenes is 1. The van der Waals surface area contributed by atoms with Gasteiger partial charge in [-0.15, -0.1) is 6.42 Å². The average Bonchev–Trinajstić information content (AvgIpc) is 2.92. The van der Waals surface area contributed by atoms with Crippen molar-refractivity contribution >= 4 is 34.0 Å². The molecule has 2 aromatic rings. The van der Waals surface area contributed by atoms with Gasteiger partial charge >= 0.3 is 0 Å². The number of aromatic nitrogens is 3. The quantitative estimate of drug-likeness (QED) is 0.465. The van der Waals surface area contributed by atoms with Crippen molar-refractivity contribution in [3.63, 3.8) is 0 Å². The Morgan fingerprint density at radius 2 is 2.38 bits per heavy atom. The number of rotatable bonds is 6. The van der Waals surface area contributed by atoms with Crippen LogP contribution in [0, 0.1) is 12.3 Å². The molecular weight excluding hydrogens is 352 g/mol. The molecule has 0 aliphatic heterocycles. The number of hydrogen-bond donors (Lipinski definition) is 1. The van der Waals surface area contributed by atoms with E-state index in [4.69, 9.17) is 18.0 Å². The predicted octanol–water partition coefficient (Wildman–Crippen LogP) is 0.785. The van der Waals surface area contributed by atoms with Crippen molar-refractivity contribution in [2.75, 3.05) is 23.5 Å². The van der Waals surface area contributed by atoms with Gasteiger partial charge < -0.3 is 0 Å². The highest BCUT2D eigenvalue weighted by Crippen LogP contribution is 2.26. The molecule has 24 heavy (non-hydrogen) atoms. The molecule has 0 saturated heterocycles. The van der Waals surface area contributed by atoms with Crippen molar-refractivity contribution < 1.29 is 18.9 Å². The molecule has 0 aliphatic carbocycles. The van der Waals surface area contributed by atoms with Crippen molar-refractivity contribution in [3.05, 3.63) is 35.9 Å². The van der Waals surface area contributed by atoms with Gasteiger partial charge in [0, 0.05) is 40.0 Å². The lowest BCUT2D eigenvalue weighted by Gasteiger charge is -2.18. The first-order valence-corrected chi connectivity index (χ1v) is 9.03. The first kappa shape index (κ1) is 18.0. The highest BCUT2D eigenvalue weighted by Gasteiger charge is 2.21. The maximum Gasteiger partial charge on any atom is 0.247 e. The van der Waals surface area contributed by atoms with Gasteiger partial charge in [-0.2, -0.15) is 5.10 Å². The van der Waals surface area contributed by atoms with Crippen LogP contribution >= 0.6 is 11.6 Å². The highest BCUT2D eigenvalue weighted by molar-refractivity contribution is 7.84. The summed E-state index contributed by atoms with van der Waals surface area (Å²) in [6.07, 6.45) is 11.4. The van der Waals surface area contributed by atoms with Gasteiger partial charge in [-0.25, -0.2) is 4.68 Å². The fraction of sp³-hybridized carbons (Fsp3) is 0.267. The maximum atomic E-state index is 12.3. The van der Waals surface area contributed by atoms with E-state index in [1.807, 2.05) is 0 Å². The highest BCUT2D eigenvalue weighted by atomic mass is 35.5. The van der Waals surface area contributed by atoms with Crippen LogP contribution in [0.1, 0.15) is 6.42 Å².